The van der Waals surface area contributed by atoms with Gasteiger partial charge >= 0.3 is 0 Å². The maximum absolute atomic E-state index is 10.3. The predicted molar refractivity (Wildman–Crippen MR) is 38.3 cm³/mol. The van der Waals surface area contributed by atoms with Crippen molar-refractivity contribution in [2.75, 3.05) is 20.0 Å². The van der Waals surface area contributed by atoms with Crippen LogP contribution in [-0.2, 0) is 0 Å². The highest BCUT2D eigenvalue weighted by Crippen LogP contribution is 2.03. The van der Waals surface area contributed by atoms with Gasteiger partial charge in [0, 0.05) is 0 Å². The standard InChI is InChI=1S/C3H8N6O4/c4-5-1-6(8(10)11)3-7(2-5)9(12)13/h1-4H2. The Hall–Kier alpha value is -1.68. The molecule has 0 atom stereocenters. The molecule has 0 amide bonds. The number of nitro groups is 2. The maximum Gasteiger partial charge on any atom is 0.211 e. The Morgan fingerprint density at radius 2 is 1.38 bits per heavy atom. The molecule has 0 bridgehead atoms. The van der Waals surface area contributed by atoms with Crippen LogP contribution in [0.3, 0.4) is 0 Å². The van der Waals surface area contributed by atoms with Gasteiger partial charge in [-0.25, -0.2) is 20.2 Å². The fourth-order valence-electron chi connectivity index (χ4n) is 0.949. The van der Waals surface area contributed by atoms with E-state index >= 15 is 0 Å². The third-order valence-electron chi connectivity index (χ3n) is 1.48. The highest BCUT2D eigenvalue weighted by Gasteiger charge is 2.32. The normalized spacial score (nSPS) is 18.8. The average molecular weight is 192 g/mol. The molecule has 0 aromatic heterocycles. The molecule has 0 spiro atoms. The van der Waals surface area contributed by atoms with Gasteiger partial charge in [-0.15, -0.1) is 0 Å². The average Bonchev–Trinajstić information content (AvgIpc) is 2.03. The quantitative estimate of drug-likeness (QED) is 0.304. The van der Waals surface area contributed by atoms with Crippen LogP contribution in [-0.4, -0.2) is 45.1 Å². The van der Waals surface area contributed by atoms with Crippen LogP contribution in [0.5, 0.6) is 0 Å². The first-order chi connectivity index (χ1) is 6.00. The van der Waals surface area contributed by atoms with Crippen molar-refractivity contribution in [1.82, 2.24) is 15.0 Å². The molecule has 2 N–H and O–H groups in total. The maximum atomic E-state index is 10.3. The molecular weight excluding hydrogens is 184 g/mol. The van der Waals surface area contributed by atoms with E-state index < -0.39 is 10.1 Å². The first-order valence-electron chi connectivity index (χ1n) is 3.29. The number of hydrogen-bond donors (Lipinski definition) is 1. The Morgan fingerprint density at radius 1 is 1.00 bits per heavy atom. The first-order valence-corrected chi connectivity index (χ1v) is 3.29. The summed E-state index contributed by atoms with van der Waals surface area (Å²) in [4.78, 5) is 20.5. The van der Waals surface area contributed by atoms with Crippen LogP contribution in [0, 0.1) is 20.2 Å². The smallest absolute Gasteiger partial charge is 0.211 e. The number of nitrogens with two attached hydrogens (primary N) is 1. The molecule has 1 rings (SSSR count). The van der Waals surface area contributed by atoms with Crippen molar-refractivity contribution in [2.24, 2.45) is 5.84 Å². The molecule has 0 aliphatic carbocycles. The molecule has 1 aliphatic heterocycles. The Morgan fingerprint density at radius 3 is 1.69 bits per heavy atom. The van der Waals surface area contributed by atoms with E-state index in [1.165, 1.54) is 0 Å². The summed E-state index contributed by atoms with van der Waals surface area (Å²) in [6.45, 7) is -0.623. The van der Waals surface area contributed by atoms with Gasteiger partial charge in [-0.3, -0.25) is 5.84 Å². The summed E-state index contributed by atoms with van der Waals surface area (Å²) in [5, 5.41) is 21.4. The van der Waals surface area contributed by atoms with Crippen molar-refractivity contribution in [3.05, 3.63) is 20.2 Å². The minimum Gasteiger partial charge on any atom is -0.265 e. The van der Waals surface area contributed by atoms with Crippen LogP contribution in [0.15, 0.2) is 0 Å². The van der Waals surface area contributed by atoms with Gasteiger partial charge in [0.15, 0.2) is 10.1 Å². The number of hydrogen-bond acceptors (Lipinski definition) is 6. The van der Waals surface area contributed by atoms with Crippen LogP contribution in [0.1, 0.15) is 0 Å². The molecule has 10 heteroatoms. The number of hydrazine groups is 3. The monoisotopic (exact) mass is 192 g/mol. The lowest BCUT2D eigenvalue weighted by molar-refractivity contribution is -0.728. The third kappa shape index (κ3) is 2.13. The lowest BCUT2D eigenvalue weighted by atomic mass is 10.7. The fraction of sp³-hybridized carbons (Fsp3) is 1.00. The highest BCUT2D eigenvalue weighted by atomic mass is 16.7. The lowest BCUT2D eigenvalue weighted by Crippen LogP contribution is -2.60. The van der Waals surface area contributed by atoms with Gasteiger partial charge in [-0.05, 0) is 0 Å². The number of rotatable bonds is 2. The summed E-state index contributed by atoms with van der Waals surface area (Å²) in [7, 11) is 0. The SMILES string of the molecule is NN1CN([N+](=O)[O-])CN([N+](=O)[O-])C1. The van der Waals surface area contributed by atoms with Gasteiger partial charge in [0.05, 0.1) is 0 Å². The largest absolute Gasteiger partial charge is 0.265 e. The third-order valence-corrected chi connectivity index (χ3v) is 1.48. The van der Waals surface area contributed by atoms with E-state index in [9.17, 15) is 20.2 Å². The molecule has 1 fully saturated rings. The summed E-state index contributed by atoms with van der Waals surface area (Å²) < 4.78 is 0. The van der Waals surface area contributed by atoms with E-state index in [0.29, 0.717) is 10.0 Å². The van der Waals surface area contributed by atoms with Crippen molar-refractivity contribution in [1.29, 1.82) is 0 Å². The molecular formula is C3H8N6O4. The van der Waals surface area contributed by atoms with Crippen molar-refractivity contribution in [2.45, 2.75) is 0 Å². The zero-order chi connectivity index (χ0) is 10.0. The van der Waals surface area contributed by atoms with Gasteiger partial charge < -0.3 is 0 Å². The van der Waals surface area contributed by atoms with Gasteiger partial charge in [-0.2, -0.15) is 5.01 Å². The summed E-state index contributed by atoms with van der Waals surface area (Å²) >= 11 is 0. The Kier molecular flexibility index (Phi) is 2.44. The van der Waals surface area contributed by atoms with Crippen LogP contribution >= 0.6 is 0 Å². The fourth-order valence-corrected chi connectivity index (χ4v) is 0.949. The lowest BCUT2D eigenvalue weighted by Gasteiger charge is -2.30. The van der Waals surface area contributed by atoms with Crippen molar-refractivity contribution >= 4 is 0 Å². The van der Waals surface area contributed by atoms with Crippen LogP contribution in [0.4, 0.5) is 0 Å². The van der Waals surface area contributed by atoms with E-state index in [1.807, 2.05) is 0 Å². The molecule has 74 valence electrons. The van der Waals surface area contributed by atoms with Crippen molar-refractivity contribution < 1.29 is 10.1 Å². The molecule has 0 unspecified atom stereocenters. The zero-order valence-corrected chi connectivity index (χ0v) is 6.57. The Labute approximate surface area is 72.3 Å². The highest BCUT2D eigenvalue weighted by molar-refractivity contribution is 4.51. The Balaban J connectivity index is 2.62. The molecule has 0 radical (unpaired) electrons. The van der Waals surface area contributed by atoms with E-state index in [-0.39, 0.29) is 20.0 Å². The van der Waals surface area contributed by atoms with E-state index in [4.69, 9.17) is 5.84 Å². The topological polar surface area (TPSA) is 122 Å². The van der Waals surface area contributed by atoms with Crippen molar-refractivity contribution in [3.63, 3.8) is 0 Å². The van der Waals surface area contributed by atoms with E-state index in [0.717, 1.165) is 5.01 Å². The van der Waals surface area contributed by atoms with E-state index in [2.05, 4.69) is 0 Å². The summed E-state index contributed by atoms with van der Waals surface area (Å²) in [6.07, 6.45) is 0. The minimum atomic E-state index is -0.727. The molecule has 0 aromatic carbocycles. The molecule has 10 nitrogen and oxygen atoms in total. The molecule has 0 aromatic rings. The number of nitrogens with zero attached hydrogens (tertiary/aromatic N) is 5. The second-order valence-electron chi connectivity index (χ2n) is 2.50. The molecule has 1 aliphatic rings. The predicted octanol–water partition coefficient (Wildman–Crippen LogP) is -1.96. The second kappa shape index (κ2) is 3.37. The van der Waals surface area contributed by atoms with Gasteiger partial charge in [0.2, 0.25) is 6.67 Å². The van der Waals surface area contributed by atoms with Gasteiger partial charge in [0.25, 0.3) is 0 Å². The molecule has 0 saturated carbocycles. The zero-order valence-electron chi connectivity index (χ0n) is 6.57. The van der Waals surface area contributed by atoms with Crippen LogP contribution in [0.2, 0.25) is 0 Å². The molecule has 13 heavy (non-hydrogen) atoms. The van der Waals surface area contributed by atoms with Crippen LogP contribution in [0.25, 0.3) is 0 Å². The summed E-state index contributed by atoms with van der Waals surface area (Å²) in [6, 6.07) is 0. The molecule has 1 saturated heterocycles. The first kappa shape index (κ1) is 9.41. The van der Waals surface area contributed by atoms with Crippen molar-refractivity contribution in [3.8, 4) is 0 Å². The van der Waals surface area contributed by atoms with Gasteiger partial charge in [0.1, 0.15) is 13.3 Å². The van der Waals surface area contributed by atoms with Crippen LogP contribution < -0.4 is 5.84 Å². The van der Waals surface area contributed by atoms with Gasteiger partial charge in [-0.1, -0.05) is 10.0 Å². The summed E-state index contributed by atoms with van der Waals surface area (Å²) in [5.74, 6) is 5.23. The van der Waals surface area contributed by atoms with E-state index in [1.54, 1.807) is 0 Å². The second-order valence-corrected chi connectivity index (χ2v) is 2.50. The minimum absolute atomic E-state index is 0.128. The summed E-state index contributed by atoms with van der Waals surface area (Å²) in [5.41, 5.74) is 0. The molecule has 1 heterocycles. The Bertz CT molecular complexity index is 210.